The SMILES string of the molecule is Cc1ccc(C)c(C2C[C@H](N)c3ccc(Br)cc3O2)c1. The van der Waals surface area contributed by atoms with Crippen molar-refractivity contribution in [3.63, 3.8) is 0 Å². The Bertz CT molecular complexity index is 653. The van der Waals surface area contributed by atoms with Gasteiger partial charge in [0.05, 0.1) is 0 Å². The predicted octanol–water partition coefficient (Wildman–Crippen LogP) is 4.59. The second-order valence-electron chi connectivity index (χ2n) is 5.49. The van der Waals surface area contributed by atoms with E-state index in [9.17, 15) is 0 Å². The van der Waals surface area contributed by atoms with Crippen LogP contribution in [0.15, 0.2) is 40.9 Å². The predicted molar refractivity (Wildman–Crippen MR) is 85.0 cm³/mol. The molecule has 2 atom stereocenters. The van der Waals surface area contributed by atoms with E-state index in [0.29, 0.717) is 0 Å². The minimum Gasteiger partial charge on any atom is -0.485 e. The van der Waals surface area contributed by atoms with E-state index in [4.69, 9.17) is 10.5 Å². The molecule has 0 aliphatic carbocycles. The van der Waals surface area contributed by atoms with Crippen LogP contribution in [0.3, 0.4) is 0 Å². The Morgan fingerprint density at radius 2 is 1.90 bits per heavy atom. The third-order valence-electron chi connectivity index (χ3n) is 3.89. The number of fused-ring (bicyclic) bond motifs is 1. The van der Waals surface area contributed by atoms with Crippen LogP contribution in [0.25, 0.3) is 0 Å². The molecule has 1 aliphatic rings. The molecule has 0 fully saturated rings. The van der Waals surface area contributed by atoms with Gasteiger partial charge in [0.15, 0.2) is 0 Å². The van der Waals surface area contributed by atoms with E-state index >= 15 is 0 Å². The van der Waals surface area contributed by atoms with Gasteiger partial charge in [-0.15, -0.1) is 0 Å². The van der Waals surface area contributed by atoms with Crippen LogP contribution in [0.4, 0.5) is 0 Å². The Hall–Kier alpha value is -1.32. The molecular formula is C17H18BrNO. The lowest BCUT2D eigenvalue weighted by molar-refractivity contribution is 0.160. The summed E-state index contributed by atoms with van der Waals surface area (Å²) in [7, 11) is 0. The lowest BCUT2D eigenvalue weighted by Crippen LogP contribution is -2.24. The van der Waals surface area contributed by atoms with Crippen LogP contribution < -0.4 is 10.5 Å². The van der Waals surface area contributed by atoms with Gasteiger partial charge in [-0.25, -0.2) is 0 Å². The summed E-state index contributed by atoms with van der Waals surface area (Å²) in [6, 6.07) is 12.6. The Labute approximate surface area is 128 Å². The van der Waals surface area contributed by atoms with Crippen LogP contribution in [0.5, 0.6) is 5.75 Å². The smallest absolute Gasteiger partial charge is 0.126 e. The van der Waals surface area contributed by atoms with Crippen molar-refractivity contribution >= 4 is 15.9 Å². The molecule has 0 amide bonds. The Kier molecular flexibility index (Phi) is 3.57. The molecule has 0 spiro atoms. The summed E-state index contributed by atoms with van der Waals surface area (Å²) in [5.41, 5.74) is 11.2. The molecule has 2 N–H and O–H groups in total. The number of hydrogen-bond acceptors (Lipinski definition) is 2. The van der Waals surface area contributed by atoms with Gasteiger partial charge in [0.25, 0.3) is 0 Å². The van der Waals surface area contributed by atoms with Gasteiger partial charge in [-0.05, 0) is 37.1 Å². The zero-order chi connectivity index (χ0) is 14.3. The van der Waals surface area contributed by atoms with Crippen molar-refractivity contribution in [1.29, 1.82) is 0 Å². The van der Waals surface area contributed by atoms with Gasteiger partial charge in [0.1, 0.15) is 11.9 Å². The first kappa shape index (κ1) is 13.7. The first-order chi connectivity index (χ1) is 9.54. The number of hydrogen-bond donors (Lipinski definition) is 1. The Morgan fingerprint density at radius 3 is 2.70 bits per heavy atom. The molecular weight excluding hydrogens is 314 g/mol. The number of benzene rings is 2. The van der Waals surface area contributed by atoms with E-state index in [1.54, 1.807) is 0 Å². The number of ether oxygens (including phenoxy) is 1. The van der Waals surface area contributed by atoms with Gasteiger partial charge in [-0.3, -0.25) is 0 Å². The molecule has 1 heterocycles. The monoisotopic (exact) mass is 331 g/mol. The van der Waals surface area contributed by atoms with Gasteiger partial charge < -0.3 is 10.5 Å². The van der Waals surface area contributed by atoms with Crippen molar-refractivity contribution in [3.05, 3.63) is 63.1 Å². The molecule has 20 heavy (non-hydrogen) atoms. The Morgan fingerprint density at radius 1 is 1.10 bits per heavy atom. The molecule has 1 aliphatic heterocycles. The fourth-order valence-corrected chi connectivity index (χ4v) is 3.11. The van der Waals surface area contributed by atoms with Gasteiger partial charge in [0, 0.05) is 22.5 Å². The van der Waals surface area contributed by atoms with Crippen molar-refractivity contribution < 1.29 is 4.74 Å². The van der Waals surface area contributed by atoms with E-state index < -0.39 is 0 Å². The van der Waals surface area contributed by atoms with Crippen LogP contribution in [0.1, 0.15) is 40.8 Å². The first-order valence-corrected chi connectivity index (χ1v) is 7.63. The van der Waals surface area contributed by atoms with Crippen LogP contribution in [0, 0.1) is 13.8 Å². The summed E-state index contributed by atoms with van der Waals surface area (Å²) < 4.78 is 7.21. The van der Waals surface area contributed by atoms with Gasteiger partial charge in [0.2, 0.25) is 0 Å². The number of nitrogens with two attached hydrogens (primary N) is 1. The lowest BCUT2D eigenvalue weighted by Gasteiger charge is -2.31. The van der Waals surface area contributed by atoms with Crippen molar-refractivity contribution in [2.24, 2.45) is 5.73 Å². The normalized spacial score (nSPS) is 21.2. The first-order valence-electron chi connectivity index (χ1n) is 6.83. The van der Waals surface area contributed by atoms with Crippen molar-refractivity contribution in [1.82, 2.24) is 0 Å². The summed E-state index contributed by atoms with van der Waals surface area (Å²) in [6.45, 7) is 4.23. The highest BCUT2D eigenvalue weighted by atomic mass is 79.9. The highest BCUT2D eigenvalue weighted by molar-refractivity contribution is 9.10. The van der Waals surface area contributed by atoms with Gasteiger partial charge in [-0.1, -0.05) is 45.8 Å². The minimum atomic E-state index is 0.0248. The minimum absolute atomic E-state index is 0.0248. The topological polar surface area (TPSA) is 35.2 Å². The third kappa shape index (κ3) is 2.48. The van der Waals surface area contributed by atoms with Crippen molar-refractivity contribution in [3.8, 4) is 5.75 Å². The zero-order valence-corrected chi connectivity index (χ0v) is 13.3. The number of aryl methyl sites for hydroxylation is 2. The standard InChI is InChI=1S/C17H18BrNO/c1-10-3-4-11(2)14(7-10)17-9-15(19)13-6-5-12(18)8-16(13)20-17/h3-8,15,17H,9,19H2,1-2H3/t15-,17?/m0/s1. The molecule has 0 radical (unpaired) electrons. The molecule has 0 bridgehead atoms. The second kappa shape index (κ2) is 5.23. The van der Waals surface area contributed by atoms with E-state index in [1.165, 1.54) is 16.7 Å². The third-order valence-corrected chi connectivity index (χ3v) is 4.39. The molecule has 104 valence electrons. The number of rotatable bonds is 1. The number of halogens is 1. The van der Waals surface area contributed by atoms with E-state index in [2.05, 4.69) is 48.0 Å². The zero-order valence-electron chi connectivity index (χ0n) is 11.7. The maximum Gasteiger partial charge on any atom is 0.126 e. The molecule has 0 aromatic heterocycles. The second-order valence-corrected chi connectivity index (χ2v) is 6.41. The van der Waals surface area contributed by atoms with E-state index in [1.807, 2.05) is 18.2 Å². The molecule has 2 aromatic rings. The molecule has 2 aromatic carbocycles. The van der Waals surface area contributed by atoms with Crippen LogP contribution in [0.2, 0.25) is 0 Å². The van der Waals surface area contributed by atoms with Gasteiger partial charge >= 0.3 is 0 Å². The van der Waals surface area contributed by atoms with Gasteiger partial charge in [-0.2, -0.15) is 0 Å². The molecule has 0 saturated heterocycles. The molecule has 1 unspecified atom stereocenters. The maximum absolute atomic E-state index is 6.32. The Balaban J connectivity index is 2.00. The largest absolute Gasteiger partial charge is 0.485 e. The fraction of sp³-hybridized carbons (Fsp3) is 0.294. The maximum atomic E-state index is 6.32. The highest BCUT2D eigenvalue weighted by Gasteiger charge is 2.28. The molecule has 0 saturated carbocycles. The molecule has 3 heteroatoms. The molecule has 2 nitrogen and oxygen atoms in total. The summed E-state index contributed by atoms with van der Waals surface area (Å²) in [6.07, 6.45) is 0.852. The van der Waals surface area contributed by atoms with Crippen LogP contribution in [-0.2, 0) is 0 Å². The molecule has 3 rings (SSSR count). The summed E-state index contributed by atoms with van der Waals surface area (Å²) >= 11 is 3.49. The quantitative estimate of drug-likeness (QED) is 0.829. The highest BCUT2D eigenvalue weighted by Crippen LogP contribution is 2.41. The van der Waals surface area contributed by atoms with Crippen LogP contribution in [-0.4, -0.2) is 0 Å². The van der Waals surface area contributed by atoms with Crippen LogP contribution >= 0.6 is 15.9 Å². The fourth-order valence-electron chi connectivity index (χ4n) is 2.77. The lowest BCUT2D eigenvalue weighted by atomic mass is 9.91. The van der Waals surface area contributed by atoms with E-state index in [0.717, 1.165) is 22.2 Å². The van der Waals surface area contributed by atoms with Crippen molar-refractivity contribution in [2.75, 3.05) is 0 Å². The summed E-state index contributed by atoms with van der Waals surface area (Å²) in [5.74, 6) is 0.893. The summed E-state index contributed by atoms with van der Waals surface area (Å²) in [4.78, 5) is 0. The summed E-state index contributed by atoms with van der Waals surface area (Å²) in [5, 5.41) is 0. The van der Waals surface area contributed by atoms with Crippen molar-refractivity contribution in [2.45, 2.75) is 32.4 Å². The average molecular weight is 332 g/mol. The average Bonchev–Trinajstić information content (AvgIpc) is 2.41. The van der Waals surface area contributed by atoms with E-state index in [-0.39, 0.29) is 12.1 Å².